The molecule has 0 aliphatic heterocycles. The Hall–Kier alpha value is -0.280. The summed E-state index contributed by atoms with van der Waals surface area (Å²) in [6.07, 6.45) is 0.156. The van der Waals surface area contributed by atoms with Crippen LogP contribution in [0, 0.1) is 0 Å². The third-order valence-electron chi connectivity index (χ3n) is 3.99. The zero-order valence-corrected chi connectivity index (χ0v) is 18.7. The summed E-state index contributed by atoms with van der Waals surface area (Å²) < 4.78 is 33.8. The van der Waals surface area contributed by atoms with Crippen LogP contribution in [-0.2, 0) is 28.4 Å². The van der Waals surface area contributed by atoms with Gasteiger partial charge in [0.2, 0.25) is 0 Å². The number of nitrogens with one attached hydrogen (secondary N) is 1. The Balaban J connectivity index is 3.74. The van der Waals surface area contributed by atoms with E-state index in [0.717, 1.165) is 0 Å². The molecular formula is C20H43NO6. The van der Waals surface area contributed by atoms with E-state index in [9.17, 15) is 0 Å². The smallest absolute Gasteiger partial charge is 0.0781 e. The first-order valence-electron chi connectivity index (χ1n) is 10.0. The lowest BCUT2D eigenvalue weighted by Crippen LogP contribution is -2.31. The van der Waals surface area contributed by atoms with E-state index >= 15 is 0 Å². The summed E-state index contributed by atoms with van der Waals surface area (Å²) in [7, 11) is 3.59. The van der Waals surface area contributed by atoms with E-state index in [-0.39, 0.29) is 30.5 Å². The largest absolute Gasteiger partial charge is 0.382 e. The number of hydrogen-bond acceptors (Lipinski definition) is 7. The molecule has 1 N–H and O–H groups in total. The van der Waals surface area contributed by atoms with Crippen LogP contribution in [-0.4, -0.2) is 90.4 Å². The lowest BCUT2D eigenvalue weighted by Gasteiger charge is -2.22. The van der Waals surface area contributed by atoms with Crippen LogP contribution in [0.2, 0.25) is 0 Å². The Morgan fingerprint density at radius 1 is 0.519 bits per heavy atom. The van der Waals surface area contributed by atoms with Gasteiger partial charge in [0.25, 0.3) is 0 Å². The highest BCUT2D eigenvalue weighted by atomic mass is 16.6. The molecule has 0 rings (SSSR count). The molecule has 0 fully saturated rings. The minimum absolute atomic E-state index is 0.0000465. The summed E-state index contributed by atoms with van der Waals surface area (Å²) >= 11 is 0. The van der Waals surface area contributed by atoms with Gasteiger partial charge in [0, 0.05) is 13.2 Å². The monoisotopic (exact) mass is 393 g/mol. The Kier molecular flexibility index (Phi) is 16.5. The van der Waals surface area contributed by atoms with Crippen LogP contribution in [0.25, 0.3) is 0 Å². The third kappa shape index (κ3) is 16.4. The Morgan fingerprint density at radius 2 is 0.815 bits per heavy atom. The summed E-state index contributed by atoms with van der Waals surface area (Å²) in [5.41, 5.74) is 0. The van der Waals surface area contributed by atoms with Gasteiger partial charge in [-0.25, -0.2) is 0 Å². The summed E-state index contributed by atoms with van der Waals surface area (Å²) in [6, 6.07) is 0.338. The highest BCUT2D eigenvalue weighted by molar-refractivity contribution is 4.59. The highest BCUT2D eigenvalue weighted by Crippen LogP contribution is 2.03. The van der Waals surface area contributed by atoms with E-state index in [4.69, 9.17) is 28.4 Å². The molecule has 0 spiro atoms. The van der Waals surface area contributed by atoms with Gasteiger partial charge in [-0.15, -0.1) is 0 Å². The maximum Gasteiger partial charge on any atom is 0.0781 e. The number of rotatable bonds is 18. The van der Waals surface area contributed by atoms with Gasteiger partial charge in [-0.1, -0.05) is 0 Å². The quantitative estimate of drug-likeness (QED) is 0.383. The predicted octanol–water partition coefficient (Wildman–Crippen LogP) is 2.27. The second kappa shape index (κ2) is 16.7. The van der Waals surface area contributed by atoms with Crippen LogP contribution in [0.5, 0.6) is 0 Å². The lowest BCUT2D eigenvalue weighted by molar-refractivity contribution is -0.0988. The van der Waals surface area contributed by atoms with Crippen LogP contribution in [0.3, 0.4) is 0 Å². The molecular weight excluding hydrogens is 350 g/mol. The first-order valence-corrected chi connectivity index (χ1v) is 10.0. The van der Waals surface area contributed by atoms with Crippen molar-refractivity contribution in [2.45, 2.75) is 78.1 Å². The first kappa shape index (κ1) is 26.7. The van der Waals surface area contributed by atoms with E-state index in [0.29, 0.717) is 45.7 Å². The molecule has 0 aromatic carbocycles. The van der Waals surface area contributed by atoms with Gasteiger partial charge in [0.05, 0.1) is 70.2 Å². The minimum atomic E-state index is 0.0000465. The van der Waals surface area contributed by atoms with Gasteiger partial charge in [0.1, 0.15) is 0 Å². The summed E-state index contributed by atoms with van der Waals surface area (Å²) in [5, 5.41) is 3.15. The summed E-state index contributed by atoms with van der Waals surface area (Å²) in [5.74, 6) is 0. The molecule has 0 aromatic heterocycles. The van der Waals surface area contributed by atoms with Crippen molar-refractivity contribution in [1.82, 2.24) is 5.32 Å². The van der Waals surface area contributed by atoms with Crippen molar-refractivity contribution < 1.29 is 28.4 Å². The standard InChI is InChI=1S/C20H43NO6/c1-15(21-7)9-23-17(3)11-25-19(5)13-27-20(6)14-26-18(4)12-24-16(2)10-22-8/h15-21H,9-14H2,1-8H3. The van der Waals surface area contributed by atoms with Crippen molar-refractivity contribution in [3.63, 3.8) is 0 Å². The van der Waals surface area contributed by atoms with Crippen molar-refractivity contribution in [2.75, 3.05) is 53.8 Å². The second-order valence-electron chi connectivity index (χ2n) is 7.36. The van der Waals surface area contributed by atoms with Crippen molar-refractivity contribution in [3.8, 4) is 0 Å². The molecule has 0 bridgehead atoms. The number of hydrogen-bond donors (Lipinski definition) is 1. The average Bonchev–Trinajstić information content (AvgIpc) is 2.65. The molecule has 0 aliphatic rings. The topological polar surface area (TPSA) is 67.4 Å². The van der Waals surface area contributed by atoms with Gasteiger partial charge in [-0.05, 0) is 48.6 Å². The minimum Gasteiger partial charge on any atom is -0.382 e. The molecule has 7 heteroatoms. The number of methoxy groups -OCH3 is 1. The van der Waals surface area contributed by atoms with E-state index < -0.39 is 0 Å². The molecule has 0 aliphatic carbocycles. The molecule has 164 valence electrons. The molecule has 0 amide bonds. The van der Waals surface area contributed by atoms with Crippen LogP contribution in [0.4, 0.5) is 0 Å². The van der Waals surface area contributed by atoms with Gasteiger partial charge in [-0.3, -0.25) is 0 Å². The van der Waals surface area contributed by atoms with Crippen molar-refractivity contribution in [3.05, 3.63) is 0 Å². The van der Waals surface area contributed by atoms with Gasteiger partial charge in [-0.2, -0.15) is 0 Å². The second-order valence-corrected chi connectivity index (χ2v) is 7.36. The number of ether oxygens (including phenoxy) is 6. The summed E-state index contributed by atoms with van der Waals surface area (Å²) in [4.78, 5) is 0. The molecule has 0 saturated carbocycles. The van der Waals surface area contributed by atoms with Crippen LogP contribution < -0.4 is 5.32 Å². The van der Waals surface area contributed by atoms with E-state index in [2.05, 4.69) is 12.2 Å². The maximum atomic E-state index is 5.80. The van der Waals surface area contributed by atoms with E-state index in [1.54, 1.807) is 7.11 Å². The van der Waals surface area contributed by atoms with Crippen molar-refractivity contribution >= 4 is 0 Å². The Bertz CT molecular complexity index is 334. The molecule has 7 nitrogen and oxygen atoms in total. The fourth-order valence-electron chi connectivity index (χ4n) is 2.07. The van der Waals surface area contributed by atoms with Gasteiger partial charge >= 0.3 is 0 Å². The maximum absolute atomic E-state index is 5.80. The van der Waals surface area contributed by atoms with E-state index in [1.165, 1.54) is 0 Å². The zero-order valence-electron chi connectivity index (χ0n) is 18.7. The molecule has 6 unspecified atom stereocenters. The first-order chi connectivity index (χ1) is 12.8. The normalized spacial score (nSPS) is 18.7. The fraction of sp³-hybridized carbons (Fsp3) is 1.00. The molecule has 27 heavy (non-hydrogen) atoms. The Morgan fingerprint density at radius 3 is 1.11 bits per heavy atom. The molecule has 0 saturated heterocycles. The molecule has 6 atom stereocenters. The van der Waals surface area contributed by atoms with Crippen LogP contribution in [0.15, 0.2) is 0 Å². The van der Waals surface area contributed by atoms with Crippen LogP contribution >= 0.6 is 0 Å². The third-order valence-corrected chi connectivity index (χ3v) is 3.99. The Labute approximate surface area is 166 Å². The molecule has 0 aromatic rings. The molecule has 0 heterocycles. The van der Waals surface area contributed by atoms with Crippen LogP contribution in [0.1, 0.15) is 41.5 Å². The van der Waals surface area contributed by atoms with Crippen molar-refractivity contribution in [1.29, 1.82) is 0 Å². The highest BCUT2D eigenvalue weighted by Gasteiger charge is 2.13. The van der Waals surface area contributed by atoms with Gasteiger partial charge in [0.15, 0.2) is 0 Å². The predicted molar refractivity (Wildman–Crippen MR) is 107 cm³/mol. The average molecular weight is 394 g/mol. The van der Waals surface area contributed by atoms with Gasteiger partial charge < -0.3 is 33.7 Å². The molecule has 0 radical (unpaired) electrons. The number of likely N-dealkylation sites (N-methyl/N-ethyl adjacent to an activating group) is 1. The fourth-order valence-corrected chi connectivity index (χ4v) is 2.07. The summed E-state index contributed by atoms with van der Waals surface area (Å²) in [6.45, 7) is 15.5. The van der Waals surface area contributed by atoms with E-state index in [1.807, 2.05) is 41.7 Å². The lowest BCUT2D eigenvalue weighted by atomic mass is 10.3. The van der Waals surface area contributed by atoms with Crippen molar-refractivity contribution in [2.24, 2.45) is 0 Å². The SMILES string of the molecule is CNC(C)COC(C)COC(C)COC(C)COC(C)COC(C)COC. The zero-order chi connectivity index (χ0) is 20.7.